The lowest BCUT2D eigenvalue weighted by atomic mass is 10.2. The summed E-state index contributed by atoms with van der Waals surface area (Å²) in [6, 6.07) is 2.59. The number of aryl methyl sites for hydroxylation is 1. The number of tetrazole rings is 1. The molecule has 2 rings (SSSR count). The highest BCUT2D eigenvalue weighted by Gasteiger charge is 2.18. The third-order valence-electron chi connectivity index (χ3n) is 2.84. The molecule has 0 radical (unpaired) electrons. The van der Waals surface area contributed by atoms with Gasteiger partial charge in [-0.25, -0.2) is 8.78 Å². The molecule has 0 amide bonds. The molecule has 1 N–H and O–H groups in total. The van der Waals surface area contributed by atoms with E-state index >= 15 is 0 Å². The van der Waals surface area contributed by atoms with E-state index in [1.165, 1.54) is 12.1 Å². The summed E-state index contributed by atoms with van der Waals surface area (Å²) in [5, 5.41) is 14.1. The van der Waals surface area contributed by atoms with Crippen LogP contribution >= 0.6 is 0 Å². The van der Waals surface area contributed by atoms with Crippen molar-refractivity contribution in [2.45, 2.75) is 27.3 Å². The van der Waals surface area contributed by atoms with Crippen molar-refractivity contribution in [2.75, 3.05) is 6.54 Å². The maximum Gasteiger partial charge on any atom is 0.170 e. The third-order valence-corrected chi connectivity index (χ3v) is 2.84. The Balaban J connectivity index is 2.30. The lowest BCUT2D eigenvalue weighted by Crippen LogP contribution is -2.22. The molecule has 7 heteroatoms. The predicted octanol–water partition coefficient (Wildman–Crippen LogP) is 1.99. The molecule has 0 saturated carbocycles. The van der Waals surface area contributed by atoms with E-state index in [1.54, 1.807) is 6.92 Å². The average molecular weight is 281 g/mol. The topological polar surface area (TPSA) is 55.6 Å². The van der Waals surface area contributed by atoms with E-state index in [1.807, 2.05) is 0 Å². The second-order valence-corrected chi connectivity index (χ2v) is 5.06. The van der Waals surface area contributed by atoms with E-state index in [-0.39, 0.29) is 5.69 Å². The van der Waals surface area contributed by atoms with Crippen LogP contribution in [0.3, 0.4) is 0 Å². The van der Waals surface area contributed by atoms with Gasteiger partial charge in [-0.15, -0.1) is 5.10 Å². The summed E-state index contributed by atoms with van der Waals surface area (Å²) < 4.78 is 29.0. The van der Waals surface area contributed by atoms with Gasteiger partial charge in [-0.3, -0.25) is 0 Å². The van der Waals surface area contributed by atoms with Crippen molar-refractivity contribution in [2.24, 2.45) is 5.92 Å². The molecule has 0 bridgehead atoms. The van der Waals surface area contributed by atoms with Gasteiger partial charge < -0.3 is 5.32 Å². The van der Waals surface area contributed by atoms with Gasteiger partial charge in [0.2, 0.25) is 0 Å². The SMILES string of the molecule is Cc1ccc(F)c(-n2nnnc2CNCC(C)C)c1F. The Bertz CT molecular complexity index is 594. The number of benzene rings is 1. The van der Waals surface area contributed by atoms with Gasteiger partial charge >= 0.3 is 0 Å². The summed E-state index contributed by atoms with van der Waals surface area (Å²) >= 11 is 0. The van der Waals surface area contributed by atoms with Gasteiger partial charge in [-0.05, 0) is 41.4 Å². The molecule has 0 aliphatic carbocycles. The second-order valence-electron chi connectivity index (χ2n) is 5.06. The van der Waals surface area contributed by atoms with Crippen molar-refractivity contribution < 1.29 is 8.78 Å². The minimum atomic E-state index is -0.689. The molecule has 0 aliphatic rings. The van der Waals surface area contributed by atoms with Crippen LogP contribution in [0.15, 0.2) is 12.1 Å². The first-order valence-corrected chi connectivity index (χ1v) is 6.43. The van der Waals surface area contributed by atoms with E-state index in [0.717, 1.165) is 11.2 Å². The van der Waals surface area contributed by atoms with Crippen LogP contribution in [0.4, 0.5) is 8.78 Å². The van der Waals surface area contributed by atoms with Crippen LogP contribution in [0.2, 0.25) is 0 Å². The summed E-state index contributed by atoms with van der Waals surface area (Å²) in [4.78, 5) is 0. The highest BCUT2D eigenvalue weighted by Crippen LogP contribution is 2.20. The van der Waals surface area contributed by atoms with Crippen LogP contribution in [0.25, 0.3) is 5.69 Å². The Morgan fingerprint density at radius 2 is 2.05 bits per heavy atom. The number of nitrogens with zero attached hydrogens (tertiary/aromatic N) is 4. The molecule has 5 nitrogen and oxygen atoms in total. The first-order valence-electron chi connectivity index (χ1n) is 6.43. The normalized spacial score (nSPS) is 11.3. The van der Waals surface area contributed by atoms with Crippen LogP contribution in [-0.4, -0.2) is 26.8 Å². The highest BCUT2D eigenvalue weighted by atomic mass is 19.1. The number of hydrogen-bond donors (Lipinski definition) is 1. The van der Waals surface area contributed by atoms with Gasteiger partial charge in [0, 0.05) is 0 Å². The quantitative estimate of drug-likeness (QED) is 0.910. The summed E-state index contributed by atoms with van der Waals surface area (Å²) in [5.41, 5.74) is 0.106. The third kappa shape index (κ3) is 2.98. The Morgan fingerprint density at radius 1 is 1.30 bits per heavy atom. The smallest absolute Gasteiger partial charge is 0.170 e. The lowest BCUT2D eigenvalue weighted by molar-refractivity contribution is 0.522. The first kappa shape index (κ1) is 14.5. The van der Waals surface area contributed by atoms with E-state index in [4.69, 9.17) is 0 Å². The molecule has 0 spiro atoms. The molecule has 0 aliphatic heterocycles. The van der Waals surface area contributed by atoms with E-state index in [0.29, 0.717) is 23.9 Å². The second kappa shape index (κ2) is 6.04. The Hall–Kier alpha value is -1.89. The number of halogens is 2. The van der Waals surface area contributed by atoms with Gasteiger partial charge in [0.05, 0.1) is 6.54 Å². The van der Waals surface area contributed by atoms with E-state index in [2.05, 4.69) is 34.7 Å². The van der Waals surface area contributed by atoms with Crippen molar-refractivity contribution in [3.05, 3.63) is 35.2 Å². The Morgan fingerprint density at radius 3 is 2.75 bits per heavy atom. The zero-order chi connectivity index (χ0) is 14.7. The molecule has 1 aromatic heterocycles. The van der Waals surface area contributed by atoms with Crippen molar-refractivity contribution in [1.82, 2.24) is 25.5 Å². The maximum absolute atomic E-state index is 14.1. The van der Waals surface area contributed by atoms with E-state index < -0.39 is 11.6 Å². The van der Waals surface area contributed by atoms with Crippen molar-refractivity contribution in [1.29, 1.82) is 0 Å². The number of aromatic nitrogens is 4. The average Bonchev–Trinajstić information content (AvgIpc) is 2.82. The van der Waals surface area contributed by atoms with Crippen molar-refractivity contribution >= 4 is 0 Å². The number of hydrogen-bond acceptors (Lipinski definition) is 4. The molecule has 1 heterocycles. The minimum absolute atomic E-state index is 0.239. The van der Waals surface area contributed by atoms with Crippen LogP contribution in [0.1, 0.15) is 25.2 Å². The van der Waals surface area contributed by atoms with Crippen molar-refractivity contribution in [3.63, 3.8) is 0 Å². The van der Waals surface area contributed by atoms with Crippen LogP contribution < -0.4 is 5.32 Å². The summed E-state index contributed by atoms with van der Waals surface area (Å²) in [6.45, 7) is 6.81. The lowest BCUT2D eigenvalue weighted by Gasteiger charge is -2.10. The predicted molar refractivity (Wildman–Crippen MR) is 70.4 cm³/mol. The van der Waals surface area contributed by atoms with Gasteiger partial charge in [0.1, 0.15) is 5.69 Å². The van der Waals surface area contributed by atoms with Crippen LogP contribution in [0.5, 0.6) is 0 Å². The number of rotatable bonds is 5. The van der Waals surface area contributed by atoms with Crippen LogP contribution in [0, 0.1) is 24.5 Å². The Labute approximate surface area is 116 Å². The standard InChI is InChI=1S/C13H17F2N5/c1-8(2)6-16-7-11-17-18-19-20(11)13-10(14)5-4-9(3)12(13)15/h4-5,8,16H,6-7H2,1-3H3. The maximum atomic E-state index is 14.1. The molecule has 0 atom stereocenters. The molecule has 1 aromatic carbocycles. The summed E-state index contributed by atoms with van der Waals surface area (Å²) in [7, 11) is 0. The van der Waals surface area contributed by atoms with Gasteiger partial charge in [-0.1, -0.05) is 19.9 Å². The zero-order valence-electron chi connectivity index (χ0n) is 11.7. The Kier molecular flexibility index (Phi) is 4.39. The van der Waals surface area contributed by atoms with Gasteiger partial charge in [-0.2, -0.15) is 4.68 Å². The largest absolute Gasteiger partial charge is 0.310 e. The fourth-order valence-electron chi connectivity index (χ4n) is 1.80. The molecule has 20 heavy (non-hydrogen) atoms. The highest BCUT2D eigenvalue weighted by molar-refractivity contribution is 5.38. The minimum Gasteiger partial charge on any atom is -0.310 e. The fraction of sp³-hybridized carbons (Fsp3) is 0.462. The zero-order valence-corrected chi connectivity index (χ0v) is 11.7. The van der Waals surface area contributed by atoms with E-state index in [9.17, 15) is 8.78 Å². The molecule has 0 saturated heterocycles. The van der Waals surface area contributed by atoms with Gasteiger partial charge in [0.25, 0.3) is 0 Å². The van der Waals surface area contributed by atoms with Crippen LogP contribution in [-0.2, 0) is 6.54 Å². The van der Waals surface area contributed by atoms with Crippen molar-refractivity contribution in [3.8, 4) is 5.69 Å². The molecule has 0 unspecified atom stereocenters. The molecular formula is C13H17F2N5. The summed E-state index contributed by atoms with van der Waals surface area (Å²) in [5.74, 6) is -0.506. The molecule has 2 aromatic rings. The molecule has 108 valence electrons. The summed E-state index contributed by atoms with van der Waals surface area (Å²) in [6.07, 6.45) is 0. The molecule has 0 fully saturated rings. The fourth-order valence-corrected chi connectivity index (χ4v) is 1.80. The number of nitrogens with one attached hydrogen (secondary N) is 1. The first-order chi connectivity index (χ1) is 9.50. The monoisotopic (exact) mass is 281 g/mol. The molecular weight excluding hydrogens is 264 g/mol. The van der Waals surface area contributed by atoms with Gasteiger partial charge in [0.15, 0.2) is 17.5 Å².